The Bertz CT molecular complexity index is 646. The molecule has 0 radical (unpaired) electrons. The Morgan fingerprint density at radius 2 is 1.67 bits per heavy atom. The van der Waals surface area contributed by atoms with Gasteiger partial charge in [-0.15, -0.1) is 0 Å². The molecule has 0 unspecified atom stereocenters. The second kappa shape index (κ2) is 6.03. The van der Waals surface area contributed by atoms with Gasteiger partial charge in [0.15, 0.2) is 0 Å². The average Bonchev–Trinajstić information content (AvgIpc) is 2.47. The average molecular weight is 313 g/mol. The lowest BCUT2D eigenvalue weighted by atomic mass is 9.90. The van der Waals surface area contributed by atoms with Crippen LogP contribution in [-0.4, -0.2) is 36.7 Å². The van der Waals surface area contributed by atoms with Crippen LogP contribution in [0.1, 0.15) is 31.2 Å². The SMILES string of the molecule is CC(=O)C(=O)S(=O)(=O)N1CCC(c2ccc(F)cc2)CC1. The minimum atomic E-state index is -4.19. The summed E-state index contributed by atoms with van der Waals surface area (Å²) in [6.07, 6.45) is 1.08. The van der Waals surface area contributed by atoms with E-state index in [0.29, 0.717) is 12.8 Å². The van der Waals surface area contributed by atoms with Crippen LogP contribution in [0.5, 0.6) is 0 Å². The Morgan fingerprint density at radius 1 is 1.14 bits per heavy atom. The third-order valence-corrected chi connectivity index (χ3v) is 5.46. The summed E-state index contributed by atoms with van der Waals surface area (Å²) < 4.78 is 37.8. The van der Waals surface area contributed by atoms with Gasteiger partial charge in [0.2, 0.25) is 5.78 Å². The fourth-order valence-corrected chi connectivity index (χ4v) is 3.75. The maximum absolute atomic E-state index is 12.9. The summed E-state index contributed by atoms with van der Waals surface area (Å²) in [6.45, 7) is 1.32. The van der Waals surface area contributed by atoms with Crippen molar-refractivity contribution in [2.75, 3.05) is 13.1 Å². The zero-order valence-corrected chi connectivity index (χ0v) is 12.4. The predicted molar refractivity (Wildman–Crippen MR) is 74.6 cm³/mol. The van der Waals surface area contributed by atoms with Gasteiger partial charge in [0.1, 0.15) is 5.82 Å². The smallest absolute Gasteiger partial charge is 0.290 e. The van der Waals surface area contributed by atoms with E-state index in [-0.39, 0.29) is 24.8 Å². The molecular formula is C14H16FNO4S. The van der Waals surface area contributed by atoms with E-state index >= 15 is 0 Å². The Hall–Kier alpha value is -1.60. The van der Waals surface area contributed by atoms with Gasteiger partial charge in [-0.2, -0.15) is 4.31 Å². The number of Topliss-reactive ketones (excluding diaryl/α,β-unsaturated/α-hetero) is 1. The Balaban J connectivity index is 2.05. The molecule has 1 aliphatic heterocycles. The number of carbonyl (C=O) groups is 2. The first-order valence-corrected chi connectivity index (χ1v) is 8.07. The molecule has 0 aromatic heterocycles. The highest BCUT2D eigenvalue weighted by Gasteiger charge is 2.35. The Kier molecular flexibility index (Phi) is 4.53. The van der Waals surface area contributed by atoms with Crippen molar-refractivity contribution in [3.8, 4) is 0 Å². The summed E-state index contributed by atoms with van der Waals surface area (Å²) in [5.74, 6) is -1.16. The molecule has 1 heterocycles. The minimum Gasteiger partial charge on any atom is -0.290 e. The number of hydrogen-bond donors (Lipinski definition) is 0. The van der Waals surface area contributed by atoms with Crippen LogP contribution in [0.2, 0.25) is 0 Å². The van der Waals surface area contributed by atoms with Gasteiger partial charge in [-0.1, -0.05) is 12.1 Å². The largest absolute Gasteiger partial charge is 0.326 e. The van der Waals surface area contributed by atoms with E-state index in [1.165, 1.54) is 12.1 Å². The molecule has 1 aromatic carbocycles. The molecule has 2 rings (SSSR count). The van der Waals surface area contributed by atoms with Crippen molar-refractivity contribution in [3.05, 3.63) is 35.6 Å². The maximum atomic E-state index is 12.9. The van der Waals surface area contributed by atoms with Gasteiger partial charge in [0, 0.05) is 20.0 Å². The second-order valence-corrected chi connectivity index (χ2v) is 6.91. The first-order chi connectivity index (χ1) is 9.82. The van der Waals surface area contributed by atoms with Crippen LogP contribution in [0, 0.1) is 5.82 Å². The van der Waals surface area contributed by atoms with Crippen LogP contribution in [0.25, 0.3) is 0 Å². The van der Waals surface area contributed by atoms with Crippen LogP contribution in [-0.2, 0) is 19.6 Å². The molecule has 0 atom stereocenters. The lowest BCUT2D eigenvalue weighted by Crippen LogP contribution is -2.43. The molecule has 21 heavy (non-hydrogen) atoms. The molecule has 5 nitrogen and oxygen atoms in total. The van der Waals surface area contributed by atoms with Gasteiger partial charge < -0.3 is 0 Å². The van der Waals surface area contributed by atoms with Crippen molar-refractivity contribution in [1.82, 2.24) is 4.31 Å². The summed E-state index contributed by atoms with van der Waals surface area (Å²) in [6, 6.07) is 6.12. The van der Waals surface area contributed by atoms with Crippen LogP contribution in [0.15, 0.2) is 24.3 Å². The Morgan fingerprint density at radius 3 is 2.14 bits per heavy atom. The highest BCUT2D eigenvalue weighted by atomic mass is 32.2. The number of benzene rings is 1. The van der Waals surface area contributed by atoms with Crippen LogP contribution in [0.4, 0.5) is 4.39 Å². The fourth-order valence-electron chi connectivity index (χ4n) is 2.46. The van der Waals surface area contributed by atoms with Crippen LogP contribution < -0.4 is 0 Å². The first kappa shape index (κ1) is 15.8. The number of nitrogens with zero attached hydrogens (tertiary/aromatic N) is 1. The molecular weight excluding hydrogens is 297 g/mol. The van der Waals surface area contributed by atoms with Crippen molar-refractivity contribution in [2.45, 2.75) is 25.7 Å². The molecule has 0 N–H and O–H groups in total. The van der Waals surface area contributed by atoms with E-state index in [1.54, 1.807) is 12.1 Å². The number of rotatable bonds is 3. The molecule has 0 spiro atoms. The van der Waals surface area contributed by atoms with Gasteiger partial charge in [-0.25, -0.2) is 12.8 Å². The molecule has 0 amide bonds. The summed E-state index contributed by atoms with van der Waals surface area (Å²) in [7, 11) is -4.19. The molecule has 1 aliphatic rings. The zero-order valence-electron chi connectivity index (χ0n) is 11.6. The lowest BCUT2D eigenvalue weighted by Gasteiger charge is -2.30. The molecule has 0 bridgehead atoms. The van der Waals surface area contributed by atoms with Gasteiger partial charge in [0.05, 0.1) is 0 Å². The molecule has 1 saturated heterocycles. The van der Waals surface area contributed by atoms with E-state index in [4.69, 9.17) is 0 Å². The van der Waals surface area contributed by atoms with Gasteiger partial charge in [0.25, 0.3) is 10.0 Å². The van der Waals surface area contributed by atoms with Crippen LogP contribution >= 0.6 is 0 Å². The third-order valence-electron chi connectivity index (χ3n) is 3.66. The van der Waals surface area contributed by atoms with Crippen molar-refractivity contribution in [1.29, 1.82) is 0 Å². The molecule has 1 fully saturated rings. The van der Waals surface area contributed by atoms with E-state index in [9.17, 15) is 22.4 Å². The second-order valence-electron chi connectivity index (χ2n) is 5.07. The number of piperidine rings is 1. The first-order valence-electron chi connectivity index (χ1n) is 6.63. The molecule has 1 aromatic rings. The summed E-state index contributed by atoms with van der Waals surface area (Å²) in [5, 5.41) is -1.36. The third kappa shape index (κ3) is 3.36. The summed E-state index contributed by atoms with van der Waals surface area (Å²) >= 11 is 0. The maximum Gasteiger partial charge on any atom is 0.326 e. The Labute approximate surface area is 122 Å². The van der Waals surface area contributed by atoms with Crippen LogP contribution in [0.3, 0.4) is 0 Å². The zero-order chi connectivity index (χ0) is 15.6. The lowest BCUT2D eigenvalue weighted by molar-refractivity contribution is -0.130. The normalized spacial score (nSPS) is 17.6. The molecule has 0 saturated carbocycles. The van der Waals surface area contributed by atoms with Gasteiger partial charge in [-0.05, 0) is 36.5 Å². The van der Waals surface area contributed by atoms with E-state index in [2.05, 4.69) is 0 Å². The number of hydrogen-bond acceptors (Lipinski definition) is 4. The monoisotopic (exact) mass is 313 g/mol. The number of sulfonamides is 1. The predicted octanol–water partition coefficient (Wildman–Crippen LogP) is 1.45. The highest BCUT2D eigenvalue weighted by Crippen LogP contribution is 2.29. The van der Waals surface area contributed by atoms with E-state index in [0.717, 1.165) is 16.8 Å². The van der Waals surface area contributed by atoms with Crippen molar-refractivity contribution < 1.29 is 22.4 Å². The number of carbonyl (C=O) groups excluding carboxylic acids is 2. The quantitative estimate of drug-likeness (QED) is 0.792. The standard InChI is InChI=1S/C14H16FNO4S/c1-10(17)14(18)21(19,20)16-8-6-12(7-9-16)11-2-4-13(15)5-3-11/h2-5,12H,6-9H2,1H3. The number of ketones is 1. The summed E-state index contributed by atoms with van der Waals surface area (Å²) in [4.78, 5) is 22.4. The van der Waals surface area contributed by atoms with Crippen molar-refractivity contribution >= 4 is 20.9 Å². The van der Waals surface area contributed by atoms with Gasteiger partial charge >= 0.3 is 5.12 Å². The van der Waals surface area contributed by atoms with Crippen molar-refractivity contribution in [2.24, 2.45) is 0 Å². The summed E-state index contributed by atoms with van der Waals surface area (Å²) in [5.41, 5.74) is 0.950. The number of halogens is 1. The molecule has 7 heteroatoms. The molecule has 114 valence electrons. The highest BCUT2D eigenvalue weighted by molar-refractivity contribution is 8.06. The fraction of sp³-hybridized carbons (Fsp3) is 0.429. The van der Waals surface area contributed by atoms with E-state index < -0.39 is 20.9 Å². The topological polar surface area (TPSA) is 71.5 Å². The van der Waals surface area contributed by atoms with Crippen molar-refractivity contribution in [3.63, 3.8) is 0 Å². The van der Waals surface area contributed by atoms with E-state index in [1.807, 2.05) is 0 Å². The minimum absolute atomic E-state index is 0.129. The van der Waals surface area contributed by atoms with Gasteiger partial charge in [-0.3, -0.25) is 9.59 Å². The molecule has 0 aliphatic carbocycles.